The Morgan fingerprint density at radius 2 is 1.75 bits per heavy atom. The van der Waals surface area contributed by atoms with Gasteiger partial charge in [-0.25, -0.2) is 4.52 Å². The molecule has 4 aromatic rings. The van der Waals surface area contributed by atoms with Gasteiger partial charge in [-0.1, -0.05) is 19.7 Å². The quantitative estimate of drug-likeness (QED) is 0.299. The van der Waals surface area contributed by atoms with E-state index in [9.17, 15) is 0 Å². The Bertz CT molecular complexity index is 1560. The zero-order chi connectivity index (χ0) is 27.6. The van der Waals surface area contributed by atoms with Gasteiger partial charge in [0, 0.05) is 65.5 Å². The van der Waals surface area contributed by atoms with Gasteiger partial charge in [-0.3, -0.25) is 9.67 Å². The number of hydrogen-bond acceptors (Lipinski definition) is 6. The van der Waals surface area contributed by atoms with Crippen LogP contribution in [0, 0.1) is 6.92 Å². The molecule has 2 fully saturated rings. The first-order valence-electron chi connectivity index (χ1n) is 14.3. The molecule has 0 aliphatic carbocycles. The van der Waals surface area contributed by atoms with Crippen LogP contribution in [0.15, 0.2) is 68.9 Å². The third kappa shape index (κ3) is 5.19. The second-order valence-corrected chi connectivity index (χ2v) is 10.9. The van der Waals surface area contributed by atoms with E-state index in [0.717, 1.165) is 95.1 Å². The van der Waals surface area contributed by atoms with Crippen LogP contribution in [-0.4, -0.2) is 55.5 Å². The van der Waals surface area contributed by atoms with Crippen molar-refractivity contribution >= 4 is 28.2 Å². The molecule has 206 valence electrons. The molecule has 4 aromatic heterocycles. The largest absolute Gasteiger partial charge is 0.371 e. The third-order valence-electron chi connectivity index (χ3n) is 8.26. The normalized spacial score (nSPS) is 16.3. The first-order valence-corrected chi connectivity index (χ1v) is 14.3. The molecule has 0 radical (unpaired) electrons. The van der Waals surface area contributed by atoms with Gasteiger partial charge in [0.05, 0.1) is 29.6 Å². The zero-order valence-electron chi connectivity index (χ0n) is 23.4. The Kier molecular flexibility index (Phi) is 7.26. The van der Waals surface area contributed by atoms with E-state index < -0.39 is 0 Å². The Morgan fingerprint density at radius 3 is 2.55 bits per heavy atom. The summed E-state index contributed by atoms with van der Waals surface area (Å²) in [5.41, 5.74) is 9.63. The minimum Gasteiger partial charge on any atom is -0.371 e. The van der Waals surface area contributed by atoms with Gasteiger partial charge in [0.1, 0.15) is 0 Å². The average Bonchev–Trinajstić information content (AvgIpc) is 3.64. The van der Waals surface area contributed by atoms with Crippen LogP contribution in [-0.2, 0) is 0 Å². The summed E-state index contributed by atoms with van der Waals surface area (Å²) in [5.74, 6) is 0. The fraction of sp³-hybridized carbons (Fsp3) is 0.344. The molecule has 0 spiro atoms. The molecule has 0 unspecified atom stereocenters. The summed E-state index contributed by atoms with van der Waals surface area (Å²) in [6.45, 7) is 19.4. The van der Waals surface area contributed by atoms with Crippen molar-refractivity contribution in [3.63, 3.8) is 0 Å². The molecule has 0 amide bonds. The monoisotopic (exact) mass is 534 g/mol. The number of hydrogen-bond donors (Lipinski definition) is 2. The highest BCUT2D eigenvalue weighted by molar-refractivity contribution is 5.85. The summed E-state index contributed by atoms with van der Waals surface area (Å²) < 4.78 is 3.98. The summed E-state index contributed by atoms with van der Waals surface area (Å²) in [6.07, 6.45) is 15.6. The first-order chi connectivity index (χ1) is 19.5. The van der Waals surface area contributed by atoms with Crippen molar-refractivity contribution in [2.75, 3.05) is 31.5 Å². The summed E-state index contributed by atoms with van der Waals surface area (Å²) in [5, 5.41) is 16.0. The lowest BCUT2D eigenvalue weighted by molar-refractivity contribution is 0.327. The molecule has 8 nitrogen and oxygen atoms in total. The fourth-order valence-corrected chi connectivity index (χ4v) is 5.80. The lowest BCUT2D eigenvalue weighted by Crippen LogP contribution is -2.29. The molecular weight excluding hydrogens is 496 g/mol. The predicted octanol–water partition coefficient (Wildman–Crippen LogP) is 5.76. The van der Waals surface area contributed by atoms with Crippen molar-refractivity contribution in [2.45, 2.75) is 45.1 Å². The van der Waals surface area contributed by atoms with E-state index in [2.05, 4.69) is 74.5 Å². The van der Waals surface area contributed by atoms with Crippen LogP contribution in [0.5, 0.6) is 0 Å². The number of aromatic nitrogens is 5. The van der Waals surface area contributed by atoms with Crippen molar-refractivity contribution in [3.8, 4) is 0 Å². The summed E-state index contributed by atoms with van der Waals surface area (Å²) in [7, 11) is 0. The van der Waals surface area contributed by atoms with Gasteiger partial charge in [-0.15, -0.1) is 0 Å². The third-order valence-corrected chi connectivity index (χ3v) is 8.26. The average molecular weight is 535 g/mol. The molecule has 2 aliphatic rings. The maximum atomic E-state index is 4.70. The van der Waals surface area contributed by atoms with Gasteiger partial charge in [0.2, 0.25) is 0 Å². The van der Waals surface area contributed by atoms with E-state index >= 15 is 0 Å². The van der Waals surface area contributed by atoms with E-state index in [4.69, 9.17) is 4.98 Å². The van der Waals surface area contributed by atoms with Crippen LogP contribution in [0.1, 0.15) is 66.1 Å². The highest BCUT2D eigenvalue weighted by Crippen LogP contribution is 2.31. The lowest BCUT2D eigenvalue weighted by Gasteiger charge is -2.30. The number of anilines is 1. The van der Waals surface area contributed by atoms with Crippen molar-refractivity contribution in [2.24, 2.45) is 0 Å². The van der Waals surface area contributed by atoms with Gasteiger partial charge < -0.3 is 15.5 Å². The molecule has 40 heavy (non-hydrogen) atoms. The molecule has 8 heteroatoms. The highest BCUT2D eigenvalue weighted by atomic mass is 15.3. The number of pyridine rings is 2. The SMILES string of the molecule is C=C(Nc1cnn(C2CCNCC2)c1)c1cnc(C)c(C(=C)c2ccn3ncc(C(=C)N4CCCCC4)c3c2)c1. The number of piperidine rings is 2. The van der Waals surface area contributed by atoms with Crippen molar-refractivity contribution in [1.29, 1.82) is 0 Å². The molecular formula is C32H38N8. The van der Waals surface area contributed by atoms with Gasteiger partial charge >= 0.3 is 0 Å². The molecule has 0 bridgehead atoms. The van der Waals surface area contributed by atoms with E-state index in [1.54, 1.807) is 0 Å². The smallest absolute Gasteiger partial charge is 0.0770 e. The van der Waals surface area contributed by atoms with E-state index in [1.165, 1.54) is 19.3 Å². The number of aryl methyl sites for hydroxylation is 1. The van der Waals surface area contributed by atoms with Gasteiger partial charge in [0.25, 0.3) is 0 Å². The van der Waals surface area contributed by atoms with Crippen LogP contribution in [0.4, 0.5) is 5.69 Å². The van der Waals surface area contributed by atoms with E-state index in [1.807, 2.05) is 36.2 Å². The fourth-order valence-electron chi connectivity index (χ4n) is 5.80. The molecule has 6 heterocycles. The minimum absolute atomic E-state index is 0.437. The maximum absolute atomic E-state index is 4.70. The van der Waals surface area contributed by atoms with Crippen LogP contribution in [0.2, 0.25) is 0 Å². The molecule has 0 aromatic carbocycles. The molecule has 2 aliphatic heterocycles. The Labute approximate surface area is 236 Å². The topological polar surface area (TPSA) is 75.3 Å². The van der Waals surface area contributed by atoms with Crippen molar-refractivity contribution in [1.82, 2.24) is 34.6 Å². The second kappa shape index (κ2) is 11.1. The predicted molar refractivity (Wildman–Crippen MR) is 163 cm³/mol. The number of fused-ring (bicyclic) bond motifs is 1. The van der Waals surface area contributed by atoms with Gasteiger partial charge in [-0.05, 0) is 81.5 Å². The first kappa shape index (κ1) is 26.1. The van der Waals surface area contributed by atoms with Gasteiger partial charge in [0.15, 0.2) is 0 Å². The molecule has 0 saturated carbocycles. The van der Waals surface area contributed by atoms with Crippen LogP contribution in [0.3, 0.4) is 0 Å². The van der Waals surface area contributed by atoms with Crippen molar-refractivity contribution < 1.29 is 0 Å². The number of nitrogens with one attached hydrogen (secondary N) is 2. The van der Waals surface area contributed by atoms with Crippen LogP contribution in [0.25, 0.3) is 22.5 Å². The lowest BCUT2D eigenvalue weighted by atomic mass is 9.96. The number of nitrogens with zero attached hydrogens (tertiary/aromatic N) is 6. The number of rotatable bonds is 8. The molecule has 0 atom stereocenters. The summed E-state index contributed by atoms with van der Waals surface area (Å²) in [6, 6.07) is 6.77. The Hall–Kier alpha value is -4.17. The number of likely N-dealkylation sites (tertiary alicyclic amines) is 1. The second-order valence-electron chi connectivity index (χ2n) is 10.9. The van der Waals surface area contributed by atoms with E-state index in [-0.39, 0.29) is 0 Å². The molecule has 2 saturated heterocycles. The van der Waals surface area contributed by atoms with Gasteiger partial charge in [-0.2, -0.15) is 10.2 Å². The Balaban J connectivity index is 1.22. The summed E-state index contributed by atoms with van der Waals surface area (Å²) in [4.78, 5) is 7.08. The maximum Gasteiger partial charge on any atom is 0.0770 e. The van der Waals surface area contributed by atoms with E-state index in [0.29, 0.717) is 6.04 Å². The minimum atomic E-state index is 0.437. The Morgan fingerprint density at radius 1 is 0.950 bits per heavy atom. The highest BCUT2D eigenvalue weighted by Gasteiger charge is 2.19. The standard InChI is InChI=1S/C32H38N8/c1-22(26-10-15-39-32(17-26)31(20-36-39)25(4)38-13-6-5-7-14-38)30-16-27(18-34-24(30)3)23(2)37-28-19-35-40(21-28)29-8-11-33-12-9-29/h10,15-21,29,33,37H,1-2,4-9,11-14H2,3H3. The van der Waals surface area contributed by atoms with Crippen LogP contribution >= 0.6 is 0 Å². The zero-order valence-corrected chi connectivity index (χ0v) is 23.4. The molecule has 6 rings (SSSR count). The van der Waals surface area contributed by atoms with Crippen LogP contribution < -0.4 is 10.6 Å². The summed E-state index contributed by atoms with van der Waals surface area (Å²) >= 11 is 0. The van der Waals surface area contributed by atoms with Crippen molar-refractivity contribution in [3.05, 3.63) is 96.9 Å². The molecule has 2 N–H and O–H groups in total.